The van der Waals surface area contributed by atoms with Gasteiger partial charge in [-0.25, -0.2) is 4.98 Å². The molecule has 110 valence electrons. The minimum Gasteiger partial charge on any atom is -0.301 e. The summed E-state index contributed by atoms with van der Waals surface area (Å²) in [5.74, 6) is 0.0323. The van der Waals surface area contributed by atoms with Crippen LogP contribution in [0.2, 0.25) is 0 Å². The van der Waals surface area contributed by atoms with Gasteiger partial charge in [0.1, 0.15) is 0 Å². The van der Waals surface area contributed by atoms with Crippen LogP contribution in [0.25, 0.3) is 0 Å². The number of likely N-dealkylation sites (tertiary alicyclic amines) is 1. The molecule has 0 spiro atoms. The van der Waals surface area contributed by atoms with Crippen LogP contribution < -0.4 is 5.32 Å². The molecule has 21 heavy (non-hydrogen) atoms. The van der Waals surface area contributed by atoms with E-state index in [9.17, 15) is 4.79 Å². The molecule has 2 heterocycles. The van der Waals surface area contributed by atoms with Gasteiger partial charge < -0.3 is 5.32 Å². The molecule has 1 aliphatic rings. The predicted octanol–water partition coefficient (Wildman–Crippen LogP) is 2.79. The van der Waals surface area contributed by atoms with Crippen LogP contribution in [0, 0.1) is 0 Å². The minimum absolute atomic E-state index is 0.0323. The van der Waals surface area contributed by atoms with E-state index in [1.54, 1.807) is 6.20 Å². The van der Waals surface area contributed by atoms with Gasteiger partial charge in [-0.1, -0.05) is 30.3 Å². The van der Waals surface area contributed by atoms with Crippen LogP contribution in [0.5, 0.6) is 0 Å². The second-order valence-corrected chi connectivity index (χ2v) is 6.24. The molecule has 5 heteroatoms. The Kier molecular flexibility index (Phi) is 4.62. The van der Waals surface area contributed by atoms with Crippen molar-refractivity contribution in [3.8, 4) is 0 Å². The van der Waals surface area contributed by atoms with Crippen molar-refractivity contribution >= 4 is 22.4 Å². The van der Waals surface area contributed by atoms with Crippen molar-refractivity contribution < 1.29 is 4.79 Å². The molecule has 4 nitrogen and oxygen atoms in total. The van der Waals surface area contributed by atoms with Crippen LogP contribution in [0.3, 0.4) is 0 Å². The van der Waals surface area contributed by atoms with Crippen LogP contribution in [-0.2, 0) is 11.2 Å². The Morgan fingerprint density at radius 3 is 3.00 bits per heavy atom. The SMILES string of the molecule is O=C(CN1CCCC1Cc1ccccc1)Nc1nccs1. The van der Waals surface area contributed by atoms with Gasteiger partial charge in [-0.05, 0) is 31.4 Å². The van der Waals surface area contributed by atoms with E-state index in [0.717, 1.165) is 13.0 Å². The fourth-order valence-corrected chi connectivity index (χ4v) is 3.39. The van der Waals surface area contributed by atoms with Crippen LogP contribution in [0.15, 0.2) is 41.9 Å². The minimum atomic E-state index is 0.0323. The van der Waals surface area contributed by atoms with Crippen molar-refractivity contribution in [2.24, 2.45) is 0 Å². The number of aromatic nitrogens is 1. The summed E-state index contributed by atoms with van der Waals surface area (Å²) in [7, 11) is 0. The fourth-order valence-electron chi connectivity index (χ4n) is 2.85. The van der Waals surface area contributed by atoms with E-state index in [-0.39, 0.29) is 5.91 Å². The Labute approximate surface area is 128 Å². The molecule has 1 aliphatic heterocycles. The van der Waals surface area contributed by atoms with Crippen LogP contribution in [0.1, 0.15) is 18.4 Å². The third-order valence-electron chi connectivity index (χ3n) is 3.84. The van der Waals surface area contributed by atoms with Gasteiger partial charge in [0.2, 0.25) is 5.91 Å². The van der Waals surface area contributed by atoms with Gasteiger partial charge in [0.05, 0.1) is 6.54 Å². The third kappa shape index (κ3) is 3.89. The van der Waals surface area contributed by atoms with Crippen molar-refractivity contribution in [2.45, 2.75) is 25.3 Å². The molecule has 1 saturated heterocycles. The summed E-state index contributed by atoms with van der Waals surface area (Å²) in [6, 6.07) is 11.0. The Hall–Kier alpha value is -1.72. The van der Waals surface area contributed by atoms with Gasteiger partial charge in [-0.2, -0.15) is 0 Å². The lowest BCUT2D eigenvalue weighted by Gasteiger charge is -2.23. The highest BCUT2D eigenvalue weighted by atomic mass is 32.1. The zero-order valence-electron chi connectivity index (χ0n) is 11.9. The number of nitrogens with one attached hydrogen (secondary N) is 1. The number of thiazole rings is 1. The maximum absolute atomic E-state index is 12.1. The fraction of sp³-hybridized carbons (Fsp3) is 0.375. The Morgan fingerprint density at radius 1 is 1.38 bits per heavy atom. The van der Waals surface area contributed by atoms with E-state index in [0.29, 0.717) is 17.7 Å². The zero-order valence-corrected chi connectivity index (χ0v) is 12.7. The molecule has 0 saturated carbocycles. The molecule has 1 unspecified atom stereocenters. The van der Waals surface area contributed by atoms with E-state index in [2.05, 4.69) is 39.5 Å². The van der Waals surface area contributed by atoms with Crippen LogP contribution >= 0.6 is 11.3 Å². The average molecular weight is 301 g/mol. The first-order chi connectivity index (χ1) is 10.3. The number of hydrogen-bond acceptors (Lipinski definition) is 4. The number of anilines is 1. The summed E-state index contributed by atoms with van der Waals surface area (Å²) in [5, 5.41) is 5.40. The highest BCUT2D eigenvalue weighted by Crippen LogP contribution is 2.21. The molecule has 1 aromatic carbocycles. The number of hydrogen-bond donors (Lipinski definition) is 1. The Balaban J connectivity index is 1.55. The topological polar surface area (TPSA) is 45.2 Å². The highest BCUT2D eigenvalue weighted by Gasteiger charge is 2.26. The molecule has 1 fully saturated rings. The molecule has 0 aliphatic carbocycles. The normalized spacial score (nSPS) is 18.8. The van der Waals surface area contributed by atoms with Gasteiger partial charge >= 0.3 is 0 Å². The molecule has 1 amide bonds. The van der Waals surface area contributed by atoms with Gasteiger partial charge in [0, 0.05) is 17.6 Å². The lowest BCUT2D eigenvalue weighted by Crippen LogP contribution is -2.37. The number of carbonyl (C=O) groups is 1. The zero-order chi connectivity index (χ0) is 14.5. The monoisotopic (exact) mass is 301 g/mol. The van der Waals surface area contributed by atoms with Gasteiger partial charge in [-0.15, -0.1) is 11.3 Å². The lowest BCUT2D eigenvalue weighted by molar-refractivity contribution is -0.117. The molecule has 1 aromatic heterocycles. The lowest BCUT2D eigenvalue weighted by atomic mass is 10.0. The Morgan fingerprint density at radius 2 is 2.24 bits per heavy atom. The third-order valence-corrected chi connectivity index (χ3v) is 4.53. The summed E-state index contributed by atoms with van der Waals surface area (Å²) >= 11 is 1.45. The molecule has 2 aromatic rings. The van der Waals surface area contributed by atoms with Gasteiger partial charge in [0.25, 0.3) is 0 Å². The predicted molar refractivity (Wildman–Crippen MR) is 85.5 cm³/mol. The van der Waals surface area contributed by atoms with E-state index in [4.69, 9.17) is 0 Å². The summed E-state index contributed by atoms with van der Waals surface area (Å²) in [6.07, 6.45) is 5.06. The average Bonchev–Trinajstić information content (AvgIpc) is 3.13. The van der Waals surface area contributed by atoms with Crippen molar-refractivity contribution in [1.29, 1.82) is 0 Å². The van der Waals surface area contributed by atoms with Crippen LogP contribution in [-0.4, -0.2) is 34.9 Å². The van der Waals surface area contributed by atoms with E-state index >= 15 is 0 Å². The molecular formula is C16H19N3OS. The molecule has 3 rings (SSSR count). The molecule has 0 bridgehead atoms. The maximum Gasteiger partial charge on any atom is 0.240 e. The standard InChI is InChI=1S/C16H19N3OS/c20-15(18-16-17-8-10-21-16)12-19-9-4-7-14(19)11-13-5-2-1-3-6-13/h1-3,5-6,8,10,14H,4,7,9,11-12H2,(H,17,18,20). The van der Waals surface area contributed by atoms with E-state index in [1.165, 1.54) is 29.7 Å². The summed E-state index contributed by atoms with van der Waals surface area (Å²) in [4.78, 5) is 18.5. The second-order valence-electron chi connectivity index (χ2n) is 5.34. The molecular weight excluding hydrogens is 282 g/mol. The summed E-state index contributed by atoms with van der Waals surface area (Å²) < 4.78 is 0. The van der Waals surface area contributed by atoms with Crippen molar-refractivity contribution in [1.82, 2.24) is 9.88 Å². The van der Waals surface area contributed by atoms with Crippen molar-refractivity contribution in [2.75, 3.05) is 18.4 Å². The molecule has 1 atom stereocenters. The quantitative estimate of drug-likeness (QED) is 0.923. The number of carbonyl (C=O) groups excluding carboxylic acids is 1. The smallest absolute Gasteiger partial charge is 0.240 e. The van der Waals surface area contributed by atoms with Gasteiger partial charge in [-0.3, -0.25) is 9.69 Å². The van der Waals surface area contributed by atoms with Gasteiger partial charge in [0.15, 0.2) is 5.13 Å². The molecule has 0 radical (unpaired) electrons. The second kappa shape index (κ2) is 6.83. The maximum atomic E-state index is 12.1. The van der Waals surface area contributed by atoms with Crippen molar-refractivity contribution in [3.63, 3.8) is 0 Å². The first kappa shape index (κ1) is 14.2. The Bertz CT molecular complexity index is 570. The first-order valence-electron chi connectivity index (χ1n) is 7.28. The van der Waals surface area contributed by atoms with E-state index in [1.807, 2.05) is 11.4 Å². The number of amides is 1. The highest BCUT2D eigenvalue weighted by molar-refractivity contribution is 7.13. The largest absolute Gasteiger partial charge is 0.301 e. The van der Waals surface area contributed by atoms with Crippen molar-refractivity contribution in [3.05, 3.63) is 47.5 Å². The van der Waals surface area contributed by atoms with Crippen LogP contribution in [0.4, 0.5) is 5.13 Å². The number of nitrogens with zero attached hydrogens (tertiary/aromatic N) is 2. The number of benzene rings is 1. The van der Waals surface area contributed by atoms with E-state index < -0.39 is 0 Å². The first-order valence-corrected chi connectivity index (χ1v) is 8.16. The molecule has 1 N–H and O–H groups in total. The number of rotatable bonds is 5. The summed E-state index contributed by atoms with van der Waals surface area (Å²) in [6.45, 7) is 1.46. The summed E-state index contributed by atoms with van der Waals surface area (Å²) in [5.41, 5.74) is 1.34.